The SMILES string of the molecule is Cc1ccc(S(=O)(=O)N(C)CC(=O)Nc2ccc3c(c2)sc(=O)n3C(C)C)cc1. The van der Waals surface area contributed by atoms with Crippen molar-refractivity contribution in [1.82, 2.24) is 8.87 Å². The van der Waals surface area contributed by atoms with Gasteiger partial charge in [0.1, 0.15) is 0 Å². The van der Waals surface area contributed by atoms with Gasteiger partial charge in [-0.05, 0) is 51.1 Å². The Morgan fingerprint density at radius 1 is 1.17 bits per heavy atom. The van der Waals surface area contributed by atoms with E-state index in [2.05, 4.69) is 5.32 Å². The molecule has 3 aromatic rings. The zero-order chi connectivity index (χ0) is 21.3. The molecule has 0 atom stereocenters. The topological polar surface area (TPSA) is 88.5 Å². The van der Waals surface area contributed by atoms with Crippen LogP contribution in [0.2, 0.25) is 0 Å². The van der Waals surface area contributed by atoms with Crippen LogP contribution in [-0.4, -0.2) is 36.8 Å². The number of amides is 1. The van der Waals surface area contributed by atoms with E-state index in [9.17, 15) is 18.0 Å². The summed E-state index contributed by atoms with van der Waals surface area (Å²) in [4.78, 5) is 24.6. The monoisotopic (exact) mass is 433 g/mol. The summed E-state index contributed by atoms with van der Waals surface area (Å²) in [6.07, 6.45) is 0. The van der Waals surface area contributed by atoms with Crippen molar-refractivity contribution < 1.29 is 13.2 Å². The van der Waals surface area contributed by atoms with Crippen LogP contribution in [0.4, 0.5) is 5.69 Å². The lowest BCUT2D eigenvalue weighted by Crippen LogP contribution is -2.34. The van der Waals surface area contributed by atoms with Gasteiger partial charge in [0.25, 0.3) is 0 Å². The fourth-order valence-corrected chi connectivity index (χ4v) is 5.16. The van der Waals surface area contributed by atoms with Crippen LogP contribution >= 0.6 is 11.3 Å². The predicted octanol–water partition coefficient (Wildman–Crippen LogP) is 3.21. The Morgan fingerprint density at radius 2 is 1.83 bits per heavy atom. The molecule has 1 heterocycles. The van der Waals surface area contributed by atoms with Gasteiger partial charge >= 0.3 is 4.87 Å². The molecule has 3 rings (SSSR count). The predicted molar refractivity (Wildman–Crippen MR) is 116 cm³/mol. The van der Waals surface area contributed by atoms with Crippen molar-refractivity contribution in [3.8, 4) is 0 Å². The van der Waals surface area contributed by atoms with Crippen molar-refractivity contribution in [2.24, 2.45) is 0 Å². The molecule has 2 aromatic carbocycles. The van der Waals surface area contributed by atoms with Gasteiger partial charge < -0.3 is 5.32 Å². The molecule has 0 radical (unpaired) electrons. The second-order valence-electron chi connectivity index (χ2n) is 7.14. The first-order chi connectivity index (χ1) is 13.6. The maximum absolute atomic E-state index is 12.6. The van der Waals surface area contributed by atoms with Gasteiger partial charge in [-0.2, -0.15) is 4.31 Å². The lowest BCUT2D eigenvalue weighted by atomic mass is 10.2. The number of anilines is 1. The van der Waals surface area contributed by atoms with Crippen molar-refractivity contribution in [3.63, 3.8) is 0 Å². The average Bonchev–Trinajstić information content (AvgIpc) is 2.97. The number of hydrogen-bond acceptors (Lipinski definition) is 5. The second kappa shape index (κ2) is 8.10. The first-order valence-electron chi connectivity index (χ1n) is 9.07. The Bertz CT molecular complexity index is 1210. The van der Waals surface area contributed by atoms with Crippen molar-refractivity contribution in [1.29, 1.82) is 0 Å². The minimum atomic E-state index is -3.76. The average molecular weight is 434 g/mol. The normalized spacial score (nSPS) is 12.1. The van der Waals surface area contributed by atoms with E-state index in [-0.39, 0.29) is 22.4 Å². The van der Waals surface area contributed by atoms with E-state index >= 15 is 0 Å². The van der Waals surface area contributed by atoms with Crippen LogP contribution in [0.25, 0.3) is 10.2 Å². The molecular formula is C20H23N3O4S2. The van der Waals surface area contributed by atoms with Crippen molar-refractivity contribution >= 4 is 43.2 Å². The summed E-state index contributed by atoms with van der Waals surface area (Å²) in [5.74, 6) is -0.460. The molecule has 0 aliphatic rings. The van der Waals surface area contributed by atoms with Gasteiger partial charge in [0.15, 0.2) is 0 Å². The third-order valence-electron chi connectivity index (χ3n) is 4.51. The number of benzene rings is 2. The number of aromatic nitrogens is 1. The largest absolute Gasteiger partial charge is 0.325 e. The zero-order valence-corrected chi connectivity index (χ0v) is 18.3. The Balaban J connectivity index is 1.75. The van der Waals surface area contributed by atoms with Crippen LogP contribution in [0.5, 0.6) is 0 Å². The number of fused-ring (bicyclic) bond motifs is 1. The van der Waals surface area contributed by atoms with Crippen LogP contribution in [0, 0.1) is 6.92 Å². The molecule has 29 heavy (non-hydrogen) atoms. The van der Waals surface area contributed by atoms with Crippen LogP contribution in [0.3, 0.4) is 0 Å². The maximum Gasteiger partial charge on any atom is 0.308 e. The van der Waals surface area contributed by atoms with E-state index in [4.69, 9.17) is 0 Å². The number of sulfonamides is 1. The summed E-state index contributed by atoms with van der Waals surface area (Å²) < 4.78 is 28.7. The third kappa shape index (κ3) is 4.42. The molecule has 1 N–H and O–H groups in total. The van der Waals surface area contributed by atoms with Gasteiger partial charge in [-0.3, -0.25) is 14.2 Å². The quantitative estimate of drug-likeness (QED) is 0.647. The molecule has 0 bridgehead atoms. The Hall–Kier alpha value is -2.49. The molecular weight excluding hydrogens is 410 g/mol. The molecule has 0 fully saturated rings. The highest BCUT2D eigenvalue weighted by molar-refractivity contribution is 7.89. The van der Waals surface area contributed by atoms with E-state index in [1.165, 1.54) is 19.2 Å². The molecule has 154 valence electrons. The maximum atomic E-state index is 12.6. The highest BCUT2D eigenvalue weighted by Crippen LogP contribution is 2.24. The Kier molecular flexibility index (Phi) is 5.92. The van der Waals surface area contributed by atoms with Gasteiger partial charge in [-0.1, -0.05) is 29.0 Å². The molecule has 0 saturated carbocycles. The number of aryl methyl sites for hydroxylation is 1. The summed E-state index contributed by atoms with van der Waals surface area (Å²) in [5, 5.41) is 2.71. The smallest absolute Gasteiger partial charge is 0.308 e. The summed E-state index contributed by atoms with van der Waals surface area (Å²) in [6, 6.07) is 11.7. The highest BCUT2D eigenvalue weighted by atomic mass is 32.2. The van der Waals surface area contributed by atoms with Crippen molar-refractivity contribution in [2.75, 3.05) is 18.9 Å². The molecule has 1 aromatic heterocycles. The number of carbonyl (C=O) groups is 1. The van der Waals surface area contributed by atoms with Gasteiger partial charge in [-0.25, -0.2) is 8.42 Å². The molecule has 0 spiro atoms. The van der Waals surface area contributed by atoms with Gasteiger partial charge in [-0.15, -0.1) is 0 Å². The number of nitrogens with zero attached hydrogens (tertiary/aromatic N) is 2. The van der Waals surface area contributed by atoms with Gasteiger partial charge in [0.2, 0.25) is 15.9 Å². The Morgan fingerprint density at radius 3 is 2.45 bits per heavy atom. The first kappa shape index (κ1) is 21.2. The summed E-state index contributed by atoms with van der Waals surface area (Å²) in [6.45, 7) is 5.43. The minimum Gasteiger partial charge on any atom is -0.325 e. The number of rotatable bonds is 6. The number of carbonyl (C=O) groups excluding carboxylic acids is 1. The van der Waals surface area contributed by atoms with Crippen molar-refractivity contribution in [2.45, 2.75) is 31.7 Å². The van der Waals surface area contributed by atoms with Crippen molar-refractivity contribution in [3.05, 3.63) is 57.7 Å². The third-order valence-corrected chi connectivity index (χ3v) is 7.24. The van der Waals surface area contributed by atoms with Crippen LogP contribution in [-0.2, 0) is 14.8 Å². The van der Waals surface area contributed by atoms with E-state index in [0.717, 1.165) is 31.4 Å². The summed E-state index contributed by atoms with van der Waals surface area (Å²) in [7, 11) is -2.39. The van der Waals surface area contributed by atoms with Crippen LogP contribution in [0.1, 0.15) is 25.5 Å². The van der Waals surface area contributed by atoms with E-state index in [0.29, 0.717) is 5.69 Å². The number of nitrogens with one attached hydrogen (secondary N) is 1. The van der Waals surface area contributed by atoms with Crippen LogP contribution < -0.4 is 10.2 Å². The molecule has 1 amide bonds. The lowest BCUT2D eigenvalue weighted by molar-refractivity contribution is -0.116. The van der Waals surface area contributed by atoms with Gasteiger partial charge in [0.05, 0.1) is 21.7 Å². The lowest BCUT2D eigenvalue weighted by Gasteiger charge is -2.17. The van der Waals surface area contributed by atoms with E-state index in [1.54, 1.807) is 34.9 Å². The summed E-state index contributed by atoms with van der Waals surface area (Å²) in [5.41, 5.74) is 2.28. The van der Waals surface area contributed by atoms with E-state index in [1.807, 2.05) is 20.8 Å². The Labute approximate surface area is 173 Å². The van der Waals surface area contributed by atoms with Gasteiger partial charge in [0, 0.05) is 18.8 Å². The number of likely N-dealkylation sites (N-methyl/N-ethyl adjacent to an activating group) is 1. The molecule has 0 aliphatic carbocycles. The highest BCUT2D eigenvalue weighted by Gasteiger charge is 2.23. The summed E-state index contributed by atoms with van der Waals surface area (Å²) >= 11 is 1.11. The number of thiazole rings is 1. The fraction of sp³-hybridized carbons (Fsp3) is 0.300. The standard InChI is InChI=1S/C20H23N3O4S2/c1-13(2)23-17-10-7-15(11-18(17)28-20(23)25)21-19(24)12-22(4)29(26,27)16-8-5-14(3)6-9-16/h5-11,13H,12H2,1-4H3,(H,21,24). The van der Waals surface area contributed by atoms with E-state index < -0.39 is 15.9 Å². The minimum absolute atomic E-state index is 0.0392. The van der Waals surface area contributed by atoms with Crippen LogP contribution in [0.15, 0.2) is 52.2 Å². The molecule has 7 nitrogen and oxygen atoms in total. The second-order valence-corrected chi connectivity index (χ2v) is 10.2. The fourth-order valence-electron chi connectivity index (χ4n) is 2.98. The molecule has 0 aliphatic heterocycles. The first-order valence-corrected chi connectivity index (χ1v) is 11.3. The molecule has 0 saturated heterocycles. The number of hydrogen-bond donors (Lipinski definition) is 1. The molecule has 0 unspecified atom stereocenters. The molecule has 9 heteroatoms. The zero-order valence-electron chi connectivity index (χ0n) is 16.7.